The number of carbonyl (C=O) groups excluding carboxylic acids is 2. The van der Waals surface area contributed by atoms with Crippen LogP contribution in [0.2, 0.25) is 0 Å². The number of ether oxygens (including phenoxy) is 1. The molecule has 0 aliphatic rings. The molecule has 1 aromatic rings. The van der Waals surface area contributed by atoms with Gasteiger partial charge in [-0.3, -0.25) is 9.59 Å². The summed E-state index contributed by atoms with van der Waals surface area (Å²) in [5.74, 6) is 4.69. The van der Waals surface area contributed by atoms with Crippen LogP contribution in [0, 0.1) is 0 Å². The monoisotopic (exact) mass is 282 g/mol. The predicted octanol–water partition coefficient (Wildman–Crippen LogP) is -1.36. The molecule has 0 saturated carbocycles. The minimum absolute atomic E-state index is 0.0977. The molecule has 0 fully saturated rings. The highest BCUT2D eigenvalue weighted by atomic mass is 16.5. The zero-order valence-corrected chi connectivity index (χ0v) is 11.3. The van der Waals surface area contributed by atoms with E-state index in [0.717, 1.165) is 0 Å². The Bertz CT molecular complexity index is 450. The molecule has 9 heteroatoms. The smallest absolute Gasteiger partial charge is 0.272 e. The highest BCUT2D eigenvalue weighted by Crippen LogP contribution is 1.99. The third kappa shape index (κ3) is 4.78. The molecule has 1 unspecified atom stereocenters. The van der Waals surface area contributed by atoms with E-state index in [4.69, 9.17) is 10.6 Å². The lowest BCUT2D eigenvalue weighted by atomic mass is 10.3. The number of aromatic nitrogens is 2. The number of methoxy groups -OCH3 is 1. The summed E-state index contributed by atoms with van der Waals surface area (Å²) in [7, 11) is 1.54. The van der Waals surface area contributed by atoms with E-state index in [1.54, 1.807) is 6.92 Å². The second-order valence-corrected chi connectivity index (χ2v) is 3.91. The average molecular weight is 282 g/mol. The van der Waals surface area contributed by atoms with E-state index in [2.05, 4.69) is 26.0 Å². The summed E-state index contributed by atoms with van der Waals surface area (Å²) in [5.41, 5.74) is 2.40. The van der Waals surface area contributed by atoms with Crippen LogP contribution in [0.5, 0.6) is 0 Å². The van der Waals surface area contributed by atoms with Crippen LogP contribution in [-0.2, 0) is 9.53 Å². The molecule has 0 aliphatic heterocycles. The number of anilines is 1. The molecule has 0 radical (unpaired) electrons. The Morgan fingerprint density at radius 3 is 2.70 bits per heavy atom. The fourth-order valence-corrected chi connectivity index (χ4v) is 1.29. The summed E-state index contributed by atoms with van der Waals surface area (Å²) in [5, 5.41) is 5.13. The van der Waals surface area contributed by atoms with E-state index in [-0.39, 0.29) is 11.6 Å². The van der Waals surface area contributed by atoms with E-state index in [9.17, 15) is 9.59 Å². The number of hydrogen-bond acceptors (Lipinski definition) is 7. The van der Waals surface area contributed by atoms with Gasteiger partial charge in [-0.1, -0.05) is 0 Å². The first kappa shape index (κ1) is 15.8. The lowest BCUT2D eigenvalue weighted by molar-refractivity contribution is -0.122. The lowest BCUT2D eigenvalue weighted by Crippen LogP contribution is -2.45. The topological polar surface area (TPSA) is 131 Å². The molecule has 20 heavy (non-hydrogen) atoms. The quantitative estimate of drug-likeness (QED) is 0.276. The Labute approximate surface area is 116 Å². The van der Waals surface area contributed by atoms with E-state index < -0.39 is 11.9 Å². The van der Waals surface area contributed by atoms with E-state index in [1.807, 2.05) is 0 Å². The van der Waals surface area contributed by atoms with Crippen molar-refractivity contribution in [3.8, 4) is 0 Å². The molecule has 110 valence electrons. The van der Waals surface area contributed by atoms with Gasteiger partial charge in [-0.15, -0.1) is 0 Å². The number of hydrogen-bond donors (Lipinski definition) is 4. The van der Waals surface area contributed by atoms with Crippen molar-refractivity contribution in [2.75, 3.05) is 25.7 Å². The van der Waals surface area contributed by atoms with Crippen LogP contribution in [0.3, 0.4) is 0 Å². The minimum atomic E-state index is -0.687. The van der Waals surface area contributed by atoms with Gasteiger partial charge in [0.15, 0.2) is 5.82 Å². The Balaban J connectivity index is 2.49. The third-order valence-electron chi connectivity index (χ3n) is 2.38. The number of rotatable bonds is 7. The maximum absolute atomic E-state index is 11.8. The van der Waals surface area contributed by atoms with Gasteiger partial charge in [-0.25, -0.2) is 15.8 Å². The van der Waals surface area contributed by atoms with Gasteiger partial charge in [-0.05, 0) is 6.92 Å². The van der Waals surface area contributed by atoms with Crippen molar-refractivity contribution < 1.29 is 14.3 Å². The van der Waals surface area contributed by atoms with Crippen LogP contribution in [0.25, 0.3) is 0 Å². The van der Waals surface area contributed by atoms with Crippen LogP contribution in [0.15, 0.2) is 12.4 Å². The van der Waals surface area contributed by atoms with Crippen molar-refractivity contribution in [1.82, 2.24) is 20.6 Å². The van der Waals surface area contributed by atoms with Crippen molar-refractivity contribution in [3.05, 3.63) is 18.1 Å². The zero-order valence-electron chi connectivity index (χ0n) is 11.3. The van der Waals surface area contributed by atoms with Gasteiger partial charge in [0, 0.05) is 13.7 Å². The molecule has 2 amide bonds. The summed E-state index contributed by atoms with van der Waals surface area (Å²) in [4.78, 5) is 31.2. The maximum Gasteiger partial charge on any atom is 0.272 e. The SMILES string of the molecule is COCCNC(=O)C(C)NC(=O)c1cnc(NN)cn1. The normalized spacial score (nSPS) is 11.6. The van der Waals surface area contributed by atoms with Gasteiger partial charge in [0.05, 0.1) is 19.0 Å². The first-order valence-electron chi connectivity index (χ1n) is 5.94. The van der Waals surface area contributed by atoms with Crippen LogP contribution in [0.4, 0.5) is 5.82 Å². The van der Waals surface area contributed by atoms with Crippen molar-refractivity contribution in [2.45, 2.75) is 13.0 Å². The fraction of sp³-hybridized carbons (Fsp3) is 0.455. The Hall–Kier alpha value is -2.26. The van der Waals surface area contributed by atoms with Gasteiger partial charge in [0.1, 0.15) is 11.7 Å². The number of nitrogens with zero attached hydrogens (tertiary/aromatic N) is 2. The molecule has 0 spiro atoms. The summed E-state index contributed by atoms with van der Waals surface area (Å²) >= 11 is 0. The fourth-order valence-electron chi connectivity index (χ4n) is 1.29. The average Bonchev–Trinajstić information content (AvgIpc) is 2.47. The lowest BCUT2D eigenvalue weighted by Gasteiger charge is -2.13. The first-order valence-corrected chi connectivity index (χ1v) is 5.94. The maximum atomic E-state index is 11.8. The van der Waals surface area contributed by atoms with Gasteiger partial charge in [0.2, 0.25) is 5.91 Å². The van der Waals surface area contributed by atoms with Crippen molar-refractivity contribution in [3.63, 3.8) is 0 Å². The highest BCUT2D eigenvalue weighted by molar-refractivity contribution is 5.95. The van der Waals surface area contributed by atoms with Crippen LogP contribution >= 0.6 is 0 Å². The molecule has 0 aliphatic carbocycles. The first-order chi connectivity index (χ1) is 9.58. The predicted molar refractivity (Wildman–Crippen MR) is 71.7 cm³/mol. The molecule has 1 rings (SSSR count). The van der Waals surface area contributed by atoms with Gasteiger partial charge < -0.3 is 20.8 Å². The molecular formula is C11H18N6O3. The molecule has 1 heterocycles. The van der Waals surface area contributed by atoms with Crippen LogP contribution in [-0.4, -0.2) is 48.1 Å². The Morgan fingerprint density at radius 2 is 2.15 bits per heavy atom. The zero-order chi connectivity index (χ0) is 15.0. The molecule has 0 saturated heterocycles. The number of hydrazine groups is 1. The molecule has 1 atom stereocenters. The van der Waals surface area contributed by atoms with Gasteiger partial charge >= 0.3 is 0 Å². The molecular weight excluding hydrogens is 264 g/mol. The molecule has 0 aromatic carbocycles. The van der Waals surface area contributed by atoms with E-state index in [1.165, 1.54) is 19.5 Å². The van der Waals surface area contributed by atoms with Crippen molar-refractivity contribution in [2.24, 2.45) is 5.84 Å². The molecule has 0 bridgehead atoms. The standard InChI is InChI=1S/C11H18N6O3/c1-7(10(18)13-3-4-20-2)16-11(19)8-5-15-9(17-12)6-14-8/h5-7H,3-4,12H2,1-2H3,(H,13,18)(H,15,17)(H,16,19). The molecule has 1 aromatic heterocycles. The Kier molecular flexibility index (Phi) is 6.33. The van der Waals surface area contributed by atoms with Crippen LogP contribution < -0.4 is 21.9 Å². The number of amides is 2. The second kappa shape index (κ2) is 8.02. The summed E-state index contributed by atoms with van der Waals surface area (Å²) < 4.78 is 4.81. The number of carbonyl (C=O) groups is 2. The minimum Gasteiger partial charge on any atom is -0.383 e. The summed E-state index contributed by atoms with van der Waals surface area (Å²) in [6.07, 6.45) is 2.58. The highest BCUT2D eigenvalue weighted by Gasteiger charge is 2.17. The number of nitrogens with two attached hydrogens (primary N) is 1. The van der Waals surface area contributed by atoms with Gasteiger partial charge in [0.25, 0.3) is 5.91 Å². The number of nitrogens with one attached hydrogen (secondary N) is 3. The molecule has 9 nitrogen and oxygen atoms in total. The summed E-state index contributed by atoms with van der Waals surface area (Å²) in [6.45, 7) is 2.36. The van der Waals surface area contributed by atoms with Gasteiger partial charge in [-0.2, -0.15) is 0 Å². The largest absolute Gasteiger partial charge is 0.383 e. The van der Waals surface area contributed by atoms with Crippen molar-refractivity contribution in [1.29, 1.82) is 0 Å². The Morgan fingerprint density at radius 1 is 1.40 bits per heavy atom. The molecule has 5 N–H and O–H groups in total. The van der Waals surface area contributed by atoms with E-state index >= 15 is 0 Å². The van der Waals surface area contributed by atoms with Crippen LogP contribution in [0.1, 0.15) is 17.4 Å². The van der Waals surface area contributed by atoms with Crippen molar-refractivity contribution >= 4 is 17.6 Å². The number of nitrogen functional groups attached to an aromatic ring is 1. The van der Waals surface area contributed by atoms with E-state index in [0.29, 0.717) is 19.0 Å². The third-order valence-corrected chi connectivity index (χ3v) is 2.38. The summed E-state index contributed by atoms with van der Waals surface area (Å²) in [6, 6.07) is -0.687. The second-order valence-electron chi connectivity index (χ2n) is 3.91.